The van der Waals surface area contributed by atoms with Crippen molar-refractivity contribution in [3.63, 3.8) is 0 Å². The molecule has 2 rings (SSSR count). The van der Waals surface area contributed by atoms with Crippen LogP contribution in [0.1, 0.15) is 41.5 Å². The van der Waals surface area contributed by atoms with E-state index < -0.39 is 11.1 Å². The third-order valence-electron chi connectivity index (χ3n) is 2.69. The average Bonchev–Trinajstić information content (AvgIpc) is 2.62. The normalized spacial score (nSPS) is 9.21. The lowest BCUT2D eigenvalue weighted by molar-refractivity contribution is 0.108. The van der Waals surface area contributed by atoms with Crippen molar-refractivity contribution >= 4 is 47.9 Å². The predicted molar refractivity (Wildman–Crippen MR) is 117 cm³/mol. The van der Waals surface area contributed by atoms with E-state index in [1.165, 1.54) is 24.9 Å². The molecule has 0 saturated carbocycles. The van der Waals surface area contributed by atoms with Crippen molar-refractivity contribution in [1.82, 2.24) is 11.1 Å². The molecule has 0 atom stereocenters. The third-order valence-corrected chi connectivity index (χ3v) is 2.91. The maximum absolute atomic E-state index is 12.6. The largest absolute Gasteiger partial charge is 0.497 e. The van der Waals surface area contributed by atoms with Crippen LogP contribution in [0.15, 0.2) is 48.5 Å². The summed E-state index contributed by atoms with van der Waals surface area (Å²) in [5, 5.41) is -0.407. The third kappa shape index (κ3) is 16.9. The number of hydrazine groups is 1. The van der Waals surface area contributed by atoms with Gasteiger partial charge in [-0.15, -0.1) is 29.3 Å². The number of ether oxygens (including phenoxy) is 1. The molecule has 0 spiro atoms. The summed E-state index contributed by atoms with van der Waals surface area (Å²) >= 11 is 5.16. The highest BCUT2D eigenvalue weighted by Gasteiger charge is 2.06. The molecule has 0 unspecified atom stereocenters. The highest BCUT2D eigenvalue weighted by atomic mass is 35.5. The molecule has 0 aromatic heterocycles. The highest BCUT2D eigenvalue weighted by molar-refractivity contribution is 6.67. The van der Waals surface area contributed by atoms with Gasteiger partial charge in [0, 0.05) is 22.7 Å². The lowest BCUT2D eigenvalue weighted by atomic mass is 10.1. The van der Waals surface area contributed by atoms with E-state index in [0.717, 1.165) is 6.07 Å². The van der Waals surface area contributed by atoms with Crippen molar-refractivity contribution in [2.75, 3.05) is 7.11 Å². The Morgan fingerprint density at radius 1 is 1.10 bits per heavy atom. The van der Waals surface area contributed by atoms with Crippen LogP contribution in [-0.4, -0.2) is 24.2 Å². The van der Waals surface area contributed by atoms with Gasteiger partial charge >= 0.3 is 0 Å². The fraction of sp³-hybridized carbons (Fsp3) is 0.263. The summed E-state index contributed by atoms with van der Waals surface area (Å²) in [6.07, 6.45) is 0.575. The number of benzene rings is 2. The molecule has 164 valence electrons. The number of nitrogens with one attached hydrogen (secondary N) is 2. The Balaban J connectivity index is -0.000000347. The molecule has 0 bridgehead atoms. The van der Waals surface area contributed by atoms with Gasteiger partial charge in [0.2, 0.25) is 0 Å². The van der Waals surface area contributed by atoms with Crippen molar-refractivity contribution in [3.8, 4) is 5.75 Å². The standard InChI is InChI=1S/C8H7FO2.C7H5ClO.C4H11FN2.2ClH/c1-11-8-3-6(5-10)2-7(9)4-8;8-7(9)6-4-2-1-3-5-6;1-4(2,3)6-7-5;;/h2-5H,1H3;1-5H;6-7H,1-3H3;2*1H. The van der Waals surface area contributed by atoms with Crippen LogP contribution in [0.2, 0.25) is 0 Å². The first-order chi connectivity index (χ1) is 12.6. The Hall–Kier alpha value is -1.77. The molecule has 0 radical (unpaired) electrons. The van der Waals surface area contributed by atoms with Crippen molar-refractivity contribution in [2.24, 2.45) is 0 Å². The Morgan fingerprint density at radius 3 is 1.97 bits per heavy atom. The van der Waals surface area contributed by atoms with Crippen molar-refractivity contribution in [2.45, 2.75) is 26.3 Å². The molecule has 0 aliphatic rings. The number of methoxy groups -OCH3 is 1. The number of rotatable bonds is 4. The van der Waals surface area contributed by atoms with Gasteiger partial charge in [-0.3, -0.25) is 9.59 Å². The molecule has 0 aliphatic carbocycles. The summed E-state index contributed by atoms with van der Waals surface area (Å²) in [4.78, 5) is 20.6. The Morgan fingerprint density at radius 2 is 1.66 bits per heavy atom. The number of aldehydes is 1. The van der Waals surface area contributed by atoms with Crippen LogP contribution >= 0.6 is 36.4 Å². The molecule has 0 aliphatic heterocycles. The molecule has 0 fully saturated rings. The fourth-order valence-corrected chi connectivity index (χ4v) is 1.61. The quantitative estimate of drug-likeness (QED) is 0.272. The van der Waals surface area contributed by atoms with Gasteiger partial charge in [-0.05, 0) is 44.5 Å². The number of hydrogen-bond donors (Lipinski definition) is 2. The first-order valence-corrected chi connectivity index (χ1v) is 8.18. The van der Waals surface area contributed by atoms with E-state index in [1.807, 2.05) is 26.8 Å². The van der Waals surface area contributed by atoms with E-state index in [4.69, 9.17) is 16.3 Å². The minimum Gasteiger partial charge on any atom is -0.497 e. The average molecular weight is 474 g/mol. The summed E-state index contributed by atoms with van der Waals surface area (Å²) in [5.41, 5.74) is 4.36. The summed E-state index contributed by atoms with van der Waals surface area (Å²) in [5.74, 6) is -0.112. The van der Waals surface area contributed by atoms with Gasteiger partial charge in [-0.1, -0.05) is 36.0 Å². The van der Waals surface area contributed by atoms with Crippen LogP contribution in [-0.2, 0) is 0 Å². The second-order valence-corrected chi connectivity index (χ2v) is 6.49. The minimum atomic E-state index is -0.466. The second-order valence-electron chi connectivity index (χ2n) is 6.15. The first-order valence-electron chi connectivity index (χ1n) is 7.80. The monoisotopic (exact) mass is 472 g/mol. The second kappa shape index (κ2) is 17.1. The van der Waals surface area contributed by atoms with Crippen molar-refractivity contribution < 1.29 is 23.2 Å². The molecule has 2 aromatic rings. The predicted octanol–water partition coefficient (Wildman–Crippen LogP) is 5.32. The van der Waals surface area contributed by atoms with Gasteiger partial charge in [0.15, 0.2) is 0 Å². The van der Waals surface area contributed by atoms with Crippen LogP contribution in [0, 0.1) is 5.82 Å². The number of hydrogen-bond acceptors (Lipinski definition) is 5. The zero-order valence-corrected chi connectivity index (χ0v) is 18.8. The molecule has 0 saturated heterocycles. The van der Waals surface area contributed by atoms with Crippen LogP contribution in [0.3, 0.4) is 0 Å². The van der Waals surface area contributed by atoms with Crippen molar-refractivity contribution in [3.05, 3.63) is 65.5 Å². The van der Waals surface area contributed by atoms with Gasteiger partial charge < -0.3 is 4.74 Å². The van der Waals surface area contributed by atoms with E-state index in [2.05, 4.69) is 5.43 Å². The molecule has 0 amide bonds. The molecular formula is C19H25Cl3F2N2O3. The maximum Gasteiger partial charge on any atom is 0.252 e. The van der Waals surface area contributed by atoms with Crippen LogP contribution in [0.25, 0.3) is 0 Å². The van der Waals surface area contributed by atoms with Gasteiger partial charge in [0.05, 0.1) is 7.11 Å². The summed E-state index contributed by atoms with van der Waals surface area (Å²) in [7, 11) is 1.42. The van der Waals surface area contributed by atoms with E-state index in [1.54, 1.807) is 24.3 Å². The Kier molecular flexibility index (Phi) is 18.8. The maximum atomic E-state index is 12.6. The Labute approximate surface area is 186 Å². The van der Waals surface area contributed by atoms with Gasteiger partial charge in [-0.25, -0.2) is 9.82 Å². The zero-order valence-electron chi connectivity index (χ0n) is 16.4. The van der Waals surface area contributed by atoms with Gasteiger partial charge in [0.25, 0.3) is 5.24 Å². The van der Waals surface area contributed by atoms with Crippen LogP contribution in [0.4, 0.5) is 8.87 Å². The molecule has 2 N–H and O–H groups in total. The molecule has 29 heavy (non-hydrogen) atoms. The fourth-order valence-electron chi connectivity index (χ4n) is 1.48. The van der Waals surface area contributed by atoms with Crippen LogP contribution in [0.5, 0.6) is 5.75 Å². The number of carbonyl (C=O) groups is 2. The summed E-state index contributed by atoms with van der Waals surface area (Å²) in [6.45, 7) is 5.58. The lowest BCUT2D eigenvalue weighted by Crippen LogP contribution is -2.41. The molecule has 10 heteroatoms. The topological polar surface area (TPSA) is 67.4 Å². The van der Waals surface area contributed by atoms with Crippen molar-refractivity contribution in [1.29, 1.82) is 0 Å². The molecule has 5 nitrogen and oxygen atoms in total. The molecule has 0 heterocycles. The van der Waals surface area contributed by atoms with E-state index in [-0.39, 0.29) is 35.9 Å². The van der Waals surface area contributed by atoms with Gasteiger partial charge in [-0.2, -0.15) is 0 Å². The number of carbonyl (C=O) groups excluding carboxylic acids is 2. The summed E-state index contributed by atoms with van der Waals surface area (Å²) in [6, 6.07) is 12.6. The highest BCUT2D eigenvalue weighted by Crippen LogP contribution is 2.14. The Bertz CT molecular complexity index is 716. The zero-order chi connectivity index (χ0) is 20.9. The lowest BCUT2D eigenvalue weighted by Gasteiger charge is -2.16. The SMILES string of the molecule is CC(C)(C)NNF.COc1cc(F)cc(C=O)c1.Cl.Cl.O=C(Cl)c1ccccc1. The smallest absolute Gasteiger partial charge is 0.252 e. The van der Waals surface area contributed by atoms with Gasteiger partial charge in [0.1, 0.15) is 17.9 Å². The van der Waals surface area contributed by atoms with E-state index in [0.29, 0.717) is 17.6 Å². The number of halogens is 5. The molecule has 2 aromatic carbocycles. The van der Waals surface area contributed by atoms with E-state index in [9.17, 15) is 18.5 Å². The summed E-state index contributed by atoms with van der Waals surface area (Å²) < 4.78 is 28.4. The van der Waals surface area contributed by atoms with E-state index >= 15 is 0 Å². The minimum absolute atomic E-state index is 0. The molecular weight excluding hydrogens is 449 g/mol. The first kappa shape index (κ1) is 31.9. The van der Waals surface area contributed by atoms with Crippen LogP contribution < -0.4 is 15.8 Å².